The van der Waals surface area contributed by atoms with Crippen LogP contribution in [0.25, 0.3) is 0 Å². The zero-order valence-electron chi connectivity index (χ0n) is 14.9. The van der Waals surface area contributed by atoms with E-state index in [1.54, 1.807) is 36.4 Å². The lowest BCUT2D eigenvalue weighted by atomic mass is 10.2. The summed E-state index contributed by atoms with van der Waals surface area (Å²) in [4.78, 5) is 0.203. The summed E-state index contributed by atoms with van der Waals surface area (Å²) >= 11 is 6.32. The molecule has 0 fully saturated rings. The van der Waals surface area contributed by atoms with Crippen molar-refractivity contribution >= 4 is 21.6 Å². The lowest BCUT2D eigenvalue weighted by Crippen LogP contribution is -2.23. The third-order valence-corrected chi connectivity index (χ3v) is 6.21. The summed E-state index contributed by atoms with van der Waals surface area (Å²) < 4.78 is 39.4. The van der Waals surface area contributed by atoms with Crippen LogP contribution in [0.3, 0.4) is 0 Å². The van der Waals surface area contributed by atoms with Crippen molar-refractivity contribution in [2.24, 2.45) is 0 Å². The highest BCUT2D eigenvalue weighted by atomic mass is 35.5. The van der Waals surface area contributed by atoms with Gasteiger partial charge in [-0.1, -0.05) is 35.9 Å². The number of hydrogen-bond donors (Lipinski definition) is 1. The average Bonchev–Trinajstić information content (AvgIpc) is 3.16. The van der Waals surface area contributed by atoms with Gasteiger partial charge in [0.05, 0.1) is 11.5 Å². The van der Waals surface area contributed by atoms with Gasteiger partial charge in [-0.15, -0.1) is 0 Å². The monoisotopic (exact) mass is 415 g/mol. The molecule has 0 aliphatic carbocycles. The molecule has 1 aliphatic rings. The highest BCUT2D eigenvalue weighted by molar-refractivity contribution is 7.89. The van der Waals surface area contributed by atoms with Crippen LogP contribution in [0.15, 0.2) is 71.6 Å². The van der Waals surface area contributed by atoms with E-state index in [1.165, 1.54) is 0 Å². The van der Waals surface area contributed by atoms with Crippen molar-refractivity contribution in [2.75, 3.05) is 6.61 Å². The summed E-state index contributed by atoms with van der Waals surface area (Å²) in [5.74, 6) is 1.89. The number of hydrogen-bond acceptors (Lipinski definition) is 4. The molecule has 28 heavy (non-hydrogen) atoms. The first kappa shape index (κ1) is 18.8. The van der Waals surface area contributed by atoms with Gasteiger partial charge in [-0.2, -0.15) is 0 Å². The fraction of sp³-hybridized carbons (Fsp3) is 0.143. The molecule has 3 aromatic carbocycles. The predicted octanol–water partition coefficient (Wildman–Crippen LogP) is 4.55. The van der Waals surface area contributed by atoms with Crippen molar-refractivity contribution in [1.82, 2.24) is 4.72 Å². The van der Waals surface area contributed by atoms with Crippen LogP contribution < -0.4 is 14.2 Å². The largest absolute Gasteiger partial charge is 0.493 e. The number of benzene rings is 3. The van der Waals surface area contributed by atoms with E-state index in [4.69, 9.17) is 21.1 Å². The van der Waals surface area contributed by atoms with Gasteiger partial charge in [0, 0.05) is 23.6 Å². The fourth-order valence-electron chi connectivity index (χ4n) is 3.00. The molecule has 4 rings (SSSR count). The maximum absolute atomic E-state index is 12.8. The topological polar surface area (TPSA) is 64.6 Å². The molecule has 0 bridgehead atoms. The van der Waals surface area contributed by atoms with Gasteiger partial charge >= 0.3 is 0 Å². The lowest BCUT2D eigenvalue weighted by Gasteiger charge is -2.14. The quantitative estimate of drug-likeness (QED) is 0.641. The molecule has 1 heterocycles. The molecule has 0 saturated heterocycles. The molecule has 0 unspecified atom stereocenters. The third-order valence-electron chi connectivity index (χ3n) is 4.46. The molecular formula is C21H18ClNO4S. The zero-order chi connectivity index (χ0) is 19.6. The van der Waals surface area contributed by atoms with Crippen molar-refractivity contribution in [3.8, 4) is 17.2 Å². The molecular weight excluding hydrogens is 398 g/mol. The molecule has 0 atom stereocenters. The van der Waals surface area contributed by atoms with Crippen LogP contribution in [0, 0.1) is 0 Å². The molecule has 3 aromatic rings. The molecule has 144 valence electrons. The fourth-order valence-corrected chi connectivity index (χ4v) is 4.28. The Bertz CT molecular complexity index is 1100. The normalized spacial score (nSPS) is 13.0. The standard InChI is InChI=1S/C21H18ClNO4S/c22-19-7-4-8-21(27-16-5-2-1-3-6-16)18(19)14-23-28(24,25)17-9-10-20-15(13-17)11-12-26-20/h1-10,13,23H,11-12,14H2. The van der Waals surface area contributed by atoms with E-state index >= 15 is 0 Å². The van der Waals surface area contributed by atoms with Crippen LogP contribution in [0.5, 0.6) is 17.2 Å². The Kier molecular flexibility index (Phi) is 5.26. The van der Waals surface area contributed by atoms with Gasteiger partial charge in [-0.05, 0) is 48.0 Å². The van der Waals surface area contributed by atoms with Gasteiger partial charge < -0.3 is 9.47 Å². The number of nitrogens with one attached hydrogen (secondary N) is 1. The molecule has 0 aromatic heterocycles. The van der Waals surface area contributed by atoms with Crippen molar-refractivity contribution in [3.05, 3.63) is 82.9 Å². The molecule has 7 heteroatoms. The van der Waals surface area contributed by atoms with E-state index in [2.05, 4.69) is 4.72 Å². The SMILES string of the molecule is O=S(=O)(NCc1c(Cl)cccc1Oc1ccccc1)c1ccc2c(c1)CCO2. The Morgan fingerprint density at radius 1 is 1.04 bits per heavy atom. The van der Waals surface area contributed by atoms with Gasteiger partial charge in [0.2, 0.25) is 10.0 Å². The molecule has 1 N–H and O–H groups in total. The summed E-state index contributed by atoms with van der Waals surface area (Å²) in [6.07, 6.45) is 0.707. The summed E-state index contributed by atoms with van der Waals surface area (Å²) in [5, 5.41) is 0.429. The van der Waals surface area contributed by atoms with Crippen molar-refractivity contribution in [1.29, 1.82) is 0 Å². The summed E-state index contributed by atoms with van der Waals surface area (Å²) in [5.41, 5.74) is 1.47. The molecule has 0 spiro atoms. The van der Waals surface area contributed by atoms with Crippen molar-refractivity contribution in [2.45, 2.75) is 17.9 Å². The maximum atomic E-state index is 12.8. The van der Waals surface area contributed by atoms with E-state index in [0.29, 0.717) is 35.1 Å². The number of para-hydroxylation sites is 1. The first-order chi connectivity index (χ1) is 13.5. The molecule has 0 amide bonds. The number of sulfonamides is 1. The van der Waals surface area contributed by atoms with Gasteiger partial charge in [0.15, 0.2) is 0 Å². The number of rotatable bonds is 6. The second-order valence-corrected chi connectivity index (χ2v) is 8.50. The van der Waals surface area contributed by atoms with Crippen LogP contribution in [-0.2, 0) is 23.0 Å². The Balaban J connectivity index is 1.56. The second kappa shape index (κ2) is 7.83. The van der Waals surface area contributed by atoms with Crippen LogP contribution in [-0.4, -0.2) is 15.0 Å². The summed E-state index contributed by atoms with van der Waals surface area (Å²) in [6, 6.07) is 19.4. The zero-order valence-corrected chi connectivity index (χ0v) is 16.5. The van der Waals surface area contributed by atoms with E-state index < -0.39 is 10.0 Å². The van der Waals surface area contributed by atoms with Crippen LogP contribution in [0.2, 0.25) is 5.02 Å². The van der Waals surface area contributed by atoms with E-state index in [-0.39, 0.29) is 11.4 Å². The minimum atomic E-state index is -3.71. The minimum Gasteiger partial charge on any atom is -0.493 e. The van der Waals surface area contributed by atoms with Gasteiger partial charge in [0.1, 0.15) is 17.2 Å². The van der Waals surface area contributed by atoms with Gasteiger partial charge in [-0.25, -0.2) is 13.1 Å². The Hall–Kier alpha value is -2.54. The first-order valence-electron chi connectivity index (χ1n) is 8.79. The van der Waals surface area contributed by atoms with Crippen LogP contribution >= 0.6 is 11.6 Å². The Morgan fingerprint density at radius 2 is 1.86 bits per heavy atom. The highest BCUT2D eigenvalue weighted by Crippen LogP contribution is 2.31. The van der Waals surface area contributed by atoms with Gasteiger partial charge in [0.25, 0.3) is 0 Å². The second-order valence-electron chi connectivity index (χ2n) is 6.32. The van der Waals surface area contributed by atoms with Crippen molar-refractivity contribution in [3.63, 3.8) is 0 Å². The third kappa shape index (κ3) is 3.99. The van der Waals surface area contributed by atoms with Crippen molar-refractivity contribution < 1.29 is 17.9 Å². The predicted molar refractivity (Wildman–Crippen MR) is 108 cm³/mol. The average molecular weight is 416 g/mol. The first-order valence-corrected chi connectivity index (χ1v) is 10.6. The number of fused-ring (bicyclic) bond motifs is 1. The Morgan fingerprint density at radius 3 is 2.68 bits per heavy atom. The van der Waals surface area contributed by atoms with E-state index in [0.717, 1.165) is 11.3 Å². The molecule has 0 radical (unpaired) electrons. The number of ether oxygens (including phenoxy) is 2. The minimum absolute atomic E-state index is 0.0117. The highest BCUT2D eigenvalue weighted by Gasteiger charge is 2.20. The summed E-state index contributed by atoms with van der Waals surface area (Å²) in [7, 11) is -3.71. The number of halogens is 1. The Labute approximate surface area is 168 Å². The molecule has 0 saturated carbocycles. The van der Waals surface area contributed by atoms with E-state index in [1.807, 2.05) is 30.3 Å². The lowest BCUT2D eigenvalue weighted by molar-refractivity contribution is 0.356. The smallest absolute Gasteiger partial charge is 0.240 e. The summed E-state index contributed by atoms with van der Waals surface area (Å²) in [6.45, 7) is 0.587. The van der Waals surface area contributed by atoms with Crippen LogP contribution in [0.1, 0.15) is 11.1 Å². The molecule has 5 nitrogen and oxygen atoms in total. The van der Waals surface area contributed by atoms with Crippen LogP contribution in [0.4, 0.5) is 0 Å². The maximum Gasteiger partial charge on any atom is 0.240 e. The van der Waals surface area contributed by atoms with E-state index in [9.17, 15) is 8.42 Å². The molecule has 1 aliphatic heterocycles. The van der Waals surface area contributed by atoms with Gasteiger partial charge in [-0.3, -0.25) is 0 Å².